The van der Waals surface area contributed by atoms with E-state index in [1.807, 2.05) is 0 Å². The first-order chi connectivity index (χ1) is 9.23. The van der Waals surface area contributed by atoms with Crippen molar-refractivity contribution in [3.05, 3.63) is 23.8 Å². The maximum Gasteiger partial charge on any atom is 0.573 e. The fraction of sp³-hybridized carbons (Fsp3) is 0.364. The van der Waals surface area contributed by atoms with Crippen molar-refractivity contribution in [1.29, 1.82) is 0 Å². The first-order valence-electron chi connectivity index (χ1n) is 5.13. The Labute approximate surface area is 118 Å². The van der Waals surface area contributed by atoms with Crippen molar-refractivity contribution in [1.82, 2.24) is 0 Å². The Morgan fingerprint density at radius 3 is 2.45 bits per heavy atom. The Bertz CT molecular complexity index is 476. The summed E-state index contributed by atoms with van der Waals surface area (Å²) in [4.78, 5) is 11.3. The molecule has 0 N–H and O–H groups in total. The average molecular weight is 363 g/mol. The van der Waals surface area contributed by atoms with Gasteiger partial charge in [-0.1, -0.05) is 28.1 Å². The number of rotatable bonds is 6. The summed E-state index contributed by atoms with van der Waals surface area (Å²) in [6.45, 7) is -3.34. The molecule has 0 amide bonds. The third-order valence-electron chi connectivity index (χ3n) is 2.03. The van der Waals surface area contributed by atoms with Gasteiger partial charge in [-0.25, -0.2) is 0 Å². The van der Waals surface area contributed by atoms with E-state index in [0.717, 1.165) is 12.1 Å². The summed E-state index contributed by atoms with van der Waals surface area (Å²) in [6, 6.07) is 3.19. The highest BCUT2D eigenvalue weighted by atomic mass is 79.9. The molecule has 1 aromatic rings. The number of para-hydroxylation sites is 1. The number of ketones is 1. The van der Waals surface area contributed by atoms with Crippen LogP contribution in [0.15, 0.2) is 18.2 Å². The van der Waals surface area contributed by atoms with Gasteiger partial charge in [0.15, 0.2) is 11.5 Å². The minimum absolute atomic E-state index is 0.0640. The summed E-state index contributed by atoms with van der Waals surface area (Å²) in [5.74, 6) is -2.12. The van der Waals surface area contributed by atoms with Crippen LogP contribution in [0.2, 0.25) is 0 Å². The second kappa shape index (κ2) is 6.87. The Morgan fingerprint density at radius 2 is 1.95 bits per heavy atom. The first kappa shape index (κ1) is 16.7. The van der Waals surface area contributed by atoms with E-state index < -0.39 is 30.3 Å². The van der Waals surface area contributed by atoms with Gasteiger partial charge in [-0.3, -0.25) is 4.79 Å². The van der Waals surface area contributed by atoms with Crippen molar-refractivity contribution >= 4 is 21.7 Å². The van der Waals surface area contributed by atoms with Crippen molar-refractivity contribution in [2.24, 2.45) is 0 Å². The molecule has 0 spiro atoms. The molecule has 0 atom stereocenters. The van der Waals surface area contributed by atoms with Gasteiger partial charge in [0, 0.05) is 12.0 Å². The lowest BCUT2D eigenvalue weighted by atomic mass is 10.1. The molecule has 0 bridgehead atoms. The molecular formula is C11H8BrF5O3. The summed E-state index contributed by atoms with van der Waals surface area (Å²) in [7, 11) is 0. The lowest BCUT2D eigenvalue weighted by Crippen LogP contribution is -2.19. The van der Waals surface area contributed by atoms with E-state index >= 15 is 0 Å². The predicted molar refractivity (Wildman–Crippen MR) is 62.3 cm³/mol. The highest BCUT2D eigenvalue weighted by Crippen LogP contribution is 2.36. The summed E-state index contributed by atoms with van der Waals surface area (Å²) in [5.41, 5.74) is -0.114. The minimum atomic E-state index is -5.06. The molecule has 9 heteroatoms. The SMILES string of the molecule is O=C(CBr)Cc1cccc(OC(F)(F)F)c1OC(F)F. The molecule has 20 heavy (non-hydrogen) atoms. The van der Waals surface area contributed by atoms with Gasteiger partial charge in [0.05, 0.1) is 5.33 Å². The fourth-order valence-electron chi connectivity index (χ4n) is 1.39. The van der Waals surface area contributed by atoms with Crippen LogP contribution >= 0.6 is 15.9 Å². The van der Waals surface area contributed by atoms with Crippen LogP contribution in [0.3, 0.4) is 0 Å². The first-order valence-corrected chi connectivity index (χ1v) is 6.25. The molecule has 0 aliphatic heterocycles. The van der Waals surface area contributed by atoms with Crippen molar-refractivity contribution in [2.45, 2.75) is 19.4 Å². The van der Waals surface area contributed by atoms with E-state index in [0.29, 0.717) is 0 Å². The zero-order chi connectivity index (χ0) is 15.3. The number of carbonyl (C=O) groups is 1. The third kappa shape index (κ3) is 5.32. The zero-order valence-corrected chi connectivity index (χ0v) is 11.3. The maximum atomic E-state index is 12.3. The number of hydrogen-bond donors (Lipinski definition) is 0. The zero-order valence-electron chi connectivity index (χ0n) is 9.72. The van der Waals surface area contributed by atoms with Gasteiger partial charge in [-0.15, -0.1) is 13.2 Å². The van der Waals surface area contributed by atoms with Crippen molar-refractivity contribution in [3.8, 4) is 11.5 Å². The van der Waals surface area contributed by atoms with Crippen LogP contribution in [0.25, 0.3) is 0 Å². The van der Waals surface area contributed by atoms with Crippen LogP contribution in [0.4, 0.5) is 22.0 Å². The number of ether oxygens (including phenoxy) is 2. The summed E-state index contributed by atoms with van der Waals surface area (Å²) in [6.07, 6.45) is -5.42. The fourth-order valence-corrected chi connectivity index (χ4v) is 1.59. The Balaban J connectivity index is 3.15. The molecule has 0 saturated heterocycles. The molecule has 112 valence electrons. The second-order valence-electron chi connectivity index (χ2n) is 3.52. The lowest BCUT2D eigenvalue weighted by molar-refractivity contribution is -0.275. The second-order valence-corrected chi connectivity index (χ2v) is 4.08. The third-order valence-corrected chi connectivity index (χ3v) is 2.66. The van der Waals surface area contributed by atoms with Crippen LogP contribution in [-0.4, -0.2) is 24.1 Å². The van der Waals surface area contributed by atoms with Crippen LogP contribution in [0, 0.1) is 0 Å². The normalized spacial score (nSPS) is 11.6. The molecule has 1 rings (SSSR count). The summed E-state index contributed by atoms with van der Waals surface area (Å²) < 4.78 is 68.7. The van der Waals surface area contributed by atoms with E-state index in [4.69, 9.17) is 0 Å². The predicted octanol–water partition coefficient (Wildman–Crippen LogP) is 3.69. The average Bonchev–Trinajstić information content (AvgIpc) is 2.30. The number of carbonyl (C=O) groups excluding carboxylic acids is 1. The standard InChI is InChI=1S/C11H8BrF5O3/c12-5-7(18)4-6-2-1-3-8(20-11(15,16)17)9(6)19-10(13)14/h1-3,10H,4-5H2. The van der Waals surface area contributed by atoms with Crippen molar-refractivity contribution in [3.63, 3.8) is 0 Å². The van der Waals surface area contributed by atoms with Gasteiger partial charge in [0.1, 0.15) is 5.78 Å². The number of Topliss-reactive ketones (excluding diaryl/α,β-unsaturated/α-hetero) is 1. The topological polar surface area (TPSA) is 35.5 Å². The Hall–Kier alpha value is -1.38. The molecule has 3 nitrogen and oxygen atoms in total. The van der Waals surface area contributed by atoms with E-state index in [-0.39, 0.29) is 17.3 Å². The van der Waals surface area contributed by atoms with Gasteiger partial charge in [-0.2, -0.15) is 8.78 Å². The Morgan fingerprint density at radius 1 is 1.30 bits per heavy atom. The lowest BCUT2D eigenvalue weighted by Gasteiger charge is -2.16. The molecule has 1 aromatic carbocycles. The largest absolute Gasteiger partial charge is 0.573 e. The Kier molecular flexibility index (Phi) is 5.73. The molecule has 0 heterocycles. The number of alkyl halides is 6. The van der Waals surface area contributed by atoms with Crippen molar-refractivity contribution in [2.75, 3.05) is 5.33 Å². The van der Waals surface area contributed by atoms with Gasteiger partial charge in [0.25, 0.3) is 0 Å². The highest BCUT2D eigenvalue weighted by molar-refractivity contribution is 9.09. The monoisotopic (exact) mass is 362 g/mol. The van der Waals surface area contributed by atoms with Gasteiger partial charge in [-0.05, 0) is 6.07 Å². The van der Waals surface area contributed by atoms with Crippen LogP contribution in [0.1, 0.15) is 5.56 Å². The highest BCUT2D eigenvalue weighted by Gasteiger charge is 2.33. The number of benzene rings is 1. The molecule has 0 aliphatic carbocycles. The van der Waals surface area contributed by atoms with Gasteiger partial charge >= 0.3 is 13.0 Å². The molecule has 0 aliphatic rings. The quantitative estimate of drug-likeness (QED) is 0.571. The van der Waals surface area contributed by atoms with Crippen molar-refractivity contribution < 1.29 is 36.2 Å². The van der Waals surface area contributed by atoms with E-state index in [1.54, 1.807) is 0 Å². The van der Waals surface area contributed by atoms with E-state index in [2.05, 4.69) is 25.4 Å². The smallest absolute Gasteiger partial charge is 0.431 e. The van der Waals surface area contributed by atoms with Crippen LogP contribution < -0.4 is 9.47 Å². The number of hydrogen-bond acceptors (Lipinski definition) is 3. The van der Waals surface area contributed by atoms with E-state index in [1.165, 1.54) is 6.07 Å². The molecule has 0 aromatic heterocycles. The summed E-state index contributed by atoms with van der Waals surface area (Å²) in [5, 5.41) is -0.0640. The molecule has 0 unspecified atom stereocenters. The molecular weight excluding hydrogens is 355 g/mol. The van der Waals surface area contributed by atoms with Gasteiger partial charge < -0.3 is 9.47 Å². The van der Waals surface area contributed by atoms with Crippen LogP contribution in [-0.2, 0) is 11.2 Å². The van der Waals surface area contributed by atoms with E-state index in [9.17, 15) is 26.7 Å². The molecule has 0 radical (unpaired) electrons. The molecule has 0 fully saturated rings. The summed E-state index contributed by atoms with van der Waals surface area (Å²) >= 11 is 2.87. The van der Waals surface area contributed by atoms with Gasteiger partial charge in [0.2, 0.25) is 0 Å². The number of halogens is 6. The van der Waals surface area contributed by atoms with Crippen LogP contribution in [0.5, 0.6) is 11.5 Å². The molecule has 0 saturated carbocycles. The minimum Gasteiger partial charge on any atom is -0.431 e. The maximum absolute atomic E-state index is 12.3.